The van der Waals surface area contributed by atoms with Crippen molar-refractivity contribution in [3.05, 3.63) is 30.2 Å². The van der Waals surface area contributed by atoms with E-state index >= 15 is 0 Å². The standard InChI is InChI=1S/C9H6F3N3O/c10-9(11,12)6-1-2-14-3-5(6)7-4-15-8(13)16-7/h1-4H,(H2,13,15). The maximum atomic E-state index is 12.6. The summed E-state index contributed by atoms with van der Waals surface area (Å²) in [6.07, 6.45) is -1.23. The van der Waals surface area contributed by atoms with E-state index in [9.17, 15) is 13.2 Å². The van der Waals surface area contributed by atoms with E-state index < -0.39 is 11.7 Å². The third-order valence-electron chi connectivity index (χ3n) is 1.92. The van der Waals surface area contributed by atoms with Crippen molar-refractivity contribution >= 4 is 6.01 Å². The molecule has 0 spiro atoms. The number of nitrogens with two attached hydrogens (primary N) is 1. The SMILES string of the molecule is Nc1ncc(-c2cnccc2C(F)(F)F)o1. The minimum Gasteiger partial charge on any atom is -0.424 e. The van der Waals surface area contributed by atoms with Gasteiger partial charge >= 0.3 is 6.18 Å². The normalized spacial score (nSPS) is 11.7. The molecule has 0 aromatic carbocycles. The van der Waals surface area contributed by atoms with Gasteiger partial charge in [-0.1, -0.05) is 0 Å². The third kappa shape index (κ3) is 1.83. The number of aromatic nitrogens is 2. The van der Waals surface area contributed by atoms with Crippen LogP contribution in [0, 0.1) is 0 Å². The van der Waals surface area contributed by atoms with Crippen LogP contribution in [0.2, 0.25) is 0 Å². The molecular formula is C9H6F3N3O. The van der Waals surface area contributed by atoms with Crippen molar-refractivity contribution in [2.45, 2.75) is 6.18 Å². The molecule has 2 heterocycles. The van der Waals surface area contributed by atoms with Crippen molar-refractivity contribution in [2.24, 2.45) is 0 Å². The first-order valence-corrected chi connectivity index (χ1v) is 4.21. The summed E-state index contributed by atoms with van der Waals surface area (Å²) in [5.41, 5.74) is 4.18. The number of nitrogens with zero attached hydrogens (tertiary/aromatic N) is 2. The molecule has 0 atom stereocenters. The van der Waals surface area contributed by atoms with Gasteiger partial charge in [0.05, 0.1) is 11.8 Å². The summed E-state index contributed by atoms with van der Waals surface area (Å²) in [5, 5.41) is 0. The highest BCUT2D eigenvalue weighted by atomic mass is 19.4. The molecule has 0 saturated heterocycles. The summed E-state index contributed by atoms with van der Waals surface area (Å²) >= 11 is 0. The van der Waals surface area contributed by atoms with Crippen LogP contribution in [-0.4, -0.2) is 9.97 Å². The molecule has 0 saturated carbocycles. The highest BCUT2D eigenvalue weighted by Gasteiger charge is 2.34. The largest absolute Gasteiger partial charge is 0.424 e. The number of pyridine rings is 1. The smallest absolute Gasteiger partial charge is 0.417 e. The quantitative estimate of drug-likeness (QED) is 0.815. The zero-order valence-electron chi connectivity index (χ0n) is 7.82. The van der Waals surface area contributed by atoms with Crippen LogP contribution in [0.25, 0.3) is 11.3 Å². The zero-order chi connectivity index (χ0) is 11.8. The first-order chi connectivity index (χ1) is 7.48. The molecule has 2 N–H and O–H groups in total. The van der Waals surface area contributed by atoms with E-state index in [1.807, 2.05) is 0 Å². The topological polar surface area (TPSA) is 64.9 Å². The summed E-state index contributed by atoms with van der Waals surface area (Å²) in [6.45, 7) is 0. The average molecular weight is 229 g/mol. The van der Waals surface area contributed by atoms with Crippen molar-refractivity contribution in [3.63, 3.8) is 0 Å². The second kappa shape index (κ2) is 3.51. The van der Waals surface area contributed by atoms with Gasteiger partial charge in [0.2, 0.25) is 0 Å². The number of hydrogen-bond acceptors (Lipinski definition) is 4. The molecule has 2 rings (SSSR count). The van der Waals surface area contributed by atoms with Gasteiger partial charge in [-0.05, 0) is 6.07 Å². The Balaban J connectivity index is 2.57. The Kier molecular flexibility index (Phi) is 2.30. The van der Waals surface area contributed by atoms with Gasteiger partial charge in [-0.25, -0.2) is 4.98 Å². The first-order valence-electron chi connectivity index (χ1n) is 4.21. The Morgan fingerprint density at radius 2 is 2.00 bits per heavy atom. The Morgan fingerprint density at radius 1 is 1.25 bits per heavy atom. The maximum Gasteiger partial charge on any atom is 0.417 e. The number of hydrogen-bond donors (Lipinski definition) is 1. The van der Waals surface area contributed by atoms with Gasteiger partial charge in [0.25, 0.3) is 6.01 Å². The Hall–Kier alpha value is -2.05. The lowest BCUT2D eigenvalue weighted by Gasteiger charge is -2.09. The number of rotatable bonds is 1. The fourth-order valence-electron chi connectivity index (χ4n) is 1.25. The molecule has 0 aliphatic heterocycles. The summed E-state index contributed by atoms with van der Waals surface area (Å²) in [4.78, 5) is 7.15. The van der Waals surface area contributed by atoms with Gasteiger partial charge in [0, 0.05) is 18.0 Å². The fraction of sp³-hybridized carbons (Fsp3) is 0.111. The van der Waals surface area contributed by atoms with E-state index in [4.69, 9.17) is 10.2 Å². The molecule has 2 aromatic heterocycles. The van der Waals surface area contributed by atoms with Crippen molar-refractivity contribution in [2.75, 3.05) is 5.73 Å². The monoisotopic (exact) mass is 229 g/mol. The third-order valence-corrected chi connectivity index (χ3v) is 1.92. The molecule has 4 nitrogen and oxygen atoms in total. The van der Waals surface area contributed by atoms with E-state index in [1.54, 1.807) is 0 Å². The lowest BCUT2D eigenvalue weighted by molar-refractivity contribution is -0.137. The van der Waals surface area contributed by atoms with Crippen LogP contribution in [0.5, 0.6) is 0 Å². The van der Waals surface area contributed by atoms with E-state index in [0.29, 0.717) is 0 Å². The van der Waals surface area contributed by atoms with Gasteiger partial charge in [0.1, 0.15) is 0 Å². The maximum absolute atomic E-state index is 12.6. The minimum absolute atomic E-state index is 0.0575. The number of alkyl halides is 3. The van der Waals surface area contributed by atoms with Crippen molar-refractivity contribution in [1.29, 1.82) is 0 Å². The van der Waals surface area contributed by atoms with Crippen molar-refractivity contribution in [1.82, 2.24) is 9.97 Å². The first kappa shape index (κ1) is 10.5. The molecule has 0 aliphatic rings. The zero-order valence-corrected chi connectivity index (χ0v) is 7.82. The Bertz CT molecular complexity index is 507. The van der Waals surface area contributed by atoms with E-state index in [-0.39, 0.29) is 17.3 Å². The summed E-state index contributed by atoms with van der Waals surface area (Å²) in [5.74, 6) is -0.0575. The molecule has 2 aromatic rings. The molecule has 16 heavy (non-hydrogen) atoms. The predicted octanol–water partition coefficient (Wildman–Crippen LogP) is 2.34. The van der Waals surface area contributed by atoms with Crippen LogP contribution in [0.4, 0.5) is 19.2 Å². The molecular weight excluding hydrogens is 223 g/mol. The van der Waals surface area contributed by atoms with E-state index in [0.717, 1.165) is 24.7 Å². The van der Waals surface area contributed by atoms with Crippen LogP contribution in [0.1, 0.15) is 5.56 Å². The molecule has 0 amide bonds. The number of halogens is 3. The van der Waals surface area contributed by atoms with Crippen LogP contribution in [0.3, 0.4) is 0 Å². The molecule has 7 heteroatoms. The number of oxazole rings is 1. The lowest BCUT2D eigenvalue weighted by atomic mass is 10.1. The van der Waals surface area contributed by atoms with Gasteiger partial charge in [-0.15, -0.1) is 0 Å². The van der Waals surface area contributed by atoms with Gasteiger partial charge in [-0.2, -0.15) is 13.2 Å². The molecule has 0 bridgehead atoms. The second-order valence-electron chi connectivity index (χ2n) is 2.98. The molecule has 0 fully saturated rings. The highest BCUT2D eigenvalue weighted by molar-refractivity contribution is 5.61. The molecule has 0 unspecified atom stereocenters. The summed E-state index contributed by atoms with van der Waals surface area (Å²) in [6, 6.07) is 0.681. The lowest BCUT2D eigenvalue weighted by Crippen LogP contribution is -2.07. The van der Waals surface area contributed by atoms with Crippen molar-refractivity contribution in [3.8, 4) is 11.3 Å². The van der Waals surface area contributed by atoms with Crippen LogP contribution < -0.4 is 5.73 Å². The van der Waals surface area contributed by atoms with E-state index in [2.05, 4.69) is 9.97 Å². The minimum atomic E-state index is -4.47. The predicted molar refractivity (Wildman–Crippen MR) is 49.1 cm³/mol. The fourth-order valence-corrected chi connectivity index (χ4v) is 1.25. The van der Waals surface area contributed by atoms with Crippen LogP contribution in [-0.2, 0) is 6.18 Å². The van der Waals surface area contributed by atoms with Gasteiger partial charge < -0.3 is 10.2 Å². The molecule has 84 valence electrons. The van der Waals surface area contributed by atoms with Gasteiger partial charge in [-0.3, -0.25) is 4.98 Å². The average Bonchev–Trinajstić information content (AvgIpc) is 2.64. The number of anilines is 1. The number of nitrogen functional groups attached to an aromatic ring is 1. The molecule has 0 radical (unpaired) electrons. The van der Waals surface area contributed by atoms with Crippen molar-refractivity contribution < 1.29 is 17.6 Å². The molecule has 0 aliphatic carbocycles. The highest BCUT2D eigenvalue weighted by Crippen LogP contribution is 2.36. The van der Waals surface area contributed by atoms with E-state index in [1.165, 1.54) is 0 Å². The Morgan fingerprint density at radius 3 is 2.56 bits per heavy atom. The summed E-state index contributed by atoms with van der Waals surface area (Å²) < 4.78 is 42.7. The van der Waals surface area contributed by atoms with Gasteiger partial charge in [0.15, 0.2) is 5.76 Å². The van der Waals surface area contributed by atoms with Crippen LogP contribution >= 0.6 is 0 Å². The Labute approximate surface area is 87.9 Å². The second-order valence-corrected chi connectivity index (χ2v) is 2.98. The summed E-state index contributed by atoms with van der Waals surface area (Å²) in [7, 11) is 0. The van der Waals surface area contributed by atoms with Crippen LogP contribution in [0.15, 0.2) is 29.1 Å².